The van der Waals surface area contributed by atoms with Crippen LogP contribution in [0.4, 0.5) is 0 Å². The van der Waals surface area contributed by atoms with Gasteiger partial charge in [-0.25, -0.2) is 14.2 Å². The van der Waals surface area contributed by atoms with Gasteiger partial charge in [-0.3, -0.25) is 9.59 Å². The molecule has 0 spiro atoms. The highest BCUT2D eigenvalue weighted by Crippen LogP contribution is 2.23. The van der Waals surface area contributed by atoms with Crippen LogP contribution in [0.5, 0.6) is 0 Å². The normalized spacial score (nSPS) is 12.9. The van der Waals surface area contributed by atoms with Crippen LogP contribution in [-0.2, 0) is 16.0 Å². The summed E-state index contributed by atoms with van der Waals surface area (Å²) < 4.78 is 0.864. The van der Waals surface area contributed by atoms with Crippen molar-refractivity contribution in [3.63, 3.8) is 0 Å². The molecule has 0 bridgehead atoms. The van der Waals surface area contributed by atoms with Gasteiger partial charge in [0.05, 0.1) is 10.9 Å². The van der Waals surface area contributed by atoms with Gasteiger partial charge in [0, 0.05) is 23.5 Å². The maximum absolute atomic E-state index is 13.6. The van der Waals surface area contributed by atoms with Gasteiger partial charge in [-0.1, -0.05) is 60.7 Å². The van der Waals surface area contributed by atoms with Gasteiger partial charge in [0.2, 0.25) is 5.91 Å². The Bertz CT molecular complexity index is 1700. The van der Waals surface area contributed by atoms with Crippen LogP contribution in [-0.4, -0.2) is 31.5 Å². The van der Waals surface area contributed by atoms with Crippen molar-refractivity contribution in [1.29, 1.82) is 0 Å². The van der Waals surface area contributed by atoms with E-state index in [4.69, 9.17) is 0 Å². The number of carboxylic acids is 1. The SMILES string of the molecule is O=C(N[C@@H](C(=O)O)c1ccccc1)[C@@H](Cc1c[nH]c2ccccc12)n1c(=O)[nH]c2ccccc2c1=O. The maximum Gasteiger partial charge on any atom is 0.330 e. The lowest BCUT2D eigenvalue weighted by Crippen LogP contribution is -2.47. The molecule has 9 heteroatoms. The van der Waals surface area contributed by atoms with Gasteiger partial charge in [-0.05, 0) is 29.3 Å². The number of aromatic amines is 2. The number of benzene rings is 3. The summed E-state index contributed by atoms with van der Waals surface area (Å²) in [7, 11) is 0. The summed E-state index contributed by atoms with van der Waals surface area (Å²) in [6.45, 7) is 0. The van der Waals surface area contributed by atoms with E-state index in [1.54, 1.807) is 60.8 Å². The third-order valence-electron chi connectivity index (χ3n) is 6.21. The average molecular weight is 482 g/mol. The number of rotatable bonds is 7. The van der Waals surface area contributed by atoms with Gasteiger partial charge in [-0.2, -0.15) is 0 Å². The quantitative estimate of drug-likeness (QED) is 0.283. The zero-order valence-electron chi connectivity index (χ0n) is 19.0. The molecule has 5 rings (SSSR count). The number of fused-ring (bicyclic) bond motifs is 2. The fourth-order valence-corrected chi connectivity index (χ4v) is 4.44. The summed E-state index contributed by atoms with van der Waals surface area (Å²) >= 11 is 0. The molecule has 2 aromatic heterocycles. The van der Waals surface area contributed by atoms with E-state index in [0.29, 0.717) is 16.6 Å². The molecule has 1 amide bonds. The van der Waals surface area contributed by atoms with E-state index < -0.39 is 35.2 Å². The van der Waals surface area contributed by atoms with Gasteiger partial charge < -0.3 is 20.4 Å². The predicted molar refractivity (Wildman–Crippen MR) is 135 cm³/mol. The second-order valence-corrected chi connectivity index (χ2v) is 8.42. The first-order valence-corrected chi connectivity index (χ1v) is 11.3. The Hall–Kier alpha value is -4.92. The van der Waals surface area contributed by atoms with E-state index in [2.05, 4.69) is 15.3 Å². The first-order valence-electron chi connectivity index (χ1n) is 11.3. The van der Waals surface area contributed by atoms with Crippen molar-refractivity contribution in [3.05, 3.63) is 117 Å². The van der Waals surface area contributed by atoms with Gasteiger partial charge in [0.15, 0.2) is 6.04 Å². The lowest BCUT2D eigenvalue weighted by atomic mass is 10.0. The van der Waals surface area contributed by atoms with Crippen molar-refractivity contribution >= 4 is 33.7 Å². The van der Waals surface area contributed by atoms with Crippen molar-refractivity contribution in [1.82, 2.24) is 19.9 Å². The Kier molecular flexibility index (Phi) is 5.95. The number of nitrogens with zero attached hydrogens (tertiary/aromatic N) is 1. The van der Waals surface area contributed by atoms with Gasteiger partial charge in [-0.15, -0.1) is 0 Å². The molecular weight excluding hydrogens is 460 g/mol. The van der Waals surface area contributed by atoms with Crippen molar-refractivity contribution in [2.24, 2.45) is 0 Å². The summed E-state index contributed by atoms with van der Waals surface area (Å²) in [5, 5.41) is 13.4. The van der Waals surface area contributed by atoms with E-state index in [-0.39, 0.29) is 11.8 Å². The minimum atomic E-state index is -1.36. The molecule has 180 valence electrons. The third kappa shape index (κ3) is 4.18. The molecule has 2 heterocycles. The Morgan fingerprint density at radius 1 is 0.861 bits per heavy atom. The lowest BCUT2D eigenvalue weighted by Gasteiger charge is -2.22. The maximum atomic E-state index is 13.6. The fraction of sp³-hybridized carbons (Fsp3) is 0.111. The number of carbonyl (C=O) groups excluding carboxylic acids is 1. The molecule has 0 aliphatic heterocycles. The van der Waals surface area contributed by atoms with Gasteiger partial charge >= 0.3 is 11.7 Å². The first-order chi connectivity index (χ1) is 17.4. The fourth-order valence-electron chi connectivity index (χ4n) is 4.44. The van der Waals surface area contributed by atoms with E-state index in [9.17, 15) is 24.3 Å². The largest absolute Gasteiger partial charge is 0.479 e. The number of hydrogen-bond acceptors (Lipinski definition) is 4. The second-order valence-electron chi connectivity index (χ2n) is 8.42. The molecule has 0 unspecified atom stereocenters. The Morgan fingerprint density at radius 2 is 1.50 bits per heavy atom. The molecule has 0 aliphatic rings. The molecular formula is C27H22N4O5. The van der Waals surface area contributed by atoms with E-state index in [1.807, 2.05) is 24.3 Å². The lowest BCUT2D eigenvalue weighted by molar-refractivity contribution is -0.142. The molecule has 4 N–H and O–H groups in total. The monoisotopic (exact) mass is 482 g/mol. The minimum Gasteiger partial charge on any atom is -0.479 e. The number of H-pyrrole nitrogens is 2. The standard InChI is InChI=1S/C27H22N4O5/c32-24(30-23(26(34)35)16-8-2-1-3-9-16)22(14-17-15-28-20-12-6-4-10-18(17)20)31-25(33)19-11-5-7-13-21(19)29-27(31)36/h1-13,15,22-23,28H,14H2,(H,29,36)(H,30,32)(H,34,35)/t22-,23-/m1/s1. The highest BCUT2D eigenvalue weighted by Gasteiger charge is 2.30. The van der Waals surface area contributed by atoms with Crippen LogP contribution in [0, 0.1) is 0 Å². The molecule has 36 heavy (non-hydrogen) atoms. The number of aliphatic carboxylic acids is 1. The molecule has 5 aromatic rings. The van der Waals surface area contributed by atoms with E-state index in [0.717, 1.165) is 15.5 Å². The molecule has 0 saturated heterocycles. The van der Waals surface area contributed by atoms with Crippen LogP contribution >= 0.6 is 0 Å². The zero-order valence-corrected chi connectivity index (χ0v) is 19.0. The van der Waals surface area contributed by atoms with Crippen LogP contribution in [0.1, 0.15) is 23.2 Å². The minimum absolute atomic E-state index is 0.0156. The number of hydrogen-bond donors (Lipinski definition) is 4. The molecule has 3 aromatic carbocycles. The van der Waals surface area contributed by atoms with Crippen LogP contribution in [0.2, 0.25) is 0 Å². The highest BCUT2D eigenvalue weighted by molar-refractivity contribution is 5.89. The van der Waals surface area contributed by atoms with Crippen LogP contribution in [0.3, 0.4) is 0 Å². The molecule has 2 atom stereocenters. The van der Waals surface area contributed by atoms with E-state index >= 15 is 0 Å². The van der Waals surface area contributed by atoms with Crippen LogP contribution < -0.4 is 16.6 Å². The third-order valence-corrected chi connectivity index (χ3v) is 6.21. The number of amides is 1. The first kappa shape index (κ1) is 22.9. The smallest absolute Gasteiger partial charge is 0.330 e. The number of para-hydroxylation sites is 2. The van der Waals surface area contributed by atoms with Crippen molar-refractivity contribution in [2.45, 2.75) is 18.5 Å². The summed E-state index contributed by atoms with van der Waals surface area (Å²) in [4.78, 5) is 58.0. The van der Waals surface area contributed by atoms with Crippen molar-refractivity contribution in [3.8, 4) is 0 Å². The number of aromatic nitrogens is 3. The average Bonchev–Trinajstić information content (AvgIpc) is 3.29. The summed E-state index contributed by atoms with van der Waals surface area (Å²) in [6.07, 6.45) is 1.70. The summed E-state index contributed by atoms with van der Waals surface area (Å²) in [5.41, 5.74) is 0.855. The predicted octanol–water partition coefficient (Wildman–Crippen LogP) is 2.90. The summed E-state index contributed by atoms with van der Waals surface area (Å²) in [5.74, 6) is -2.03. The zero-order chi connectivity index (χ0) is 25.2. The number of carbonyl (C=O) groups is 2. The van der Waals surface area contributed by atoms with Crippen molar-refractivity contribution < 1.29 is 14.7 Å². The molecule has 9 nitrogen and oxygen atoms in total. The highest BCUT2D eigenvalue weighted by atomic mass is 16.4. The van der Waals surface area contributed by atoms with Crippen molar-refractivity contribution in [2.75, 3.05) is 0 Å². The van der Waals surface area contributed by atoms with Gasteiger partial charge in [0.1, 0.15) is 6.04 Å². The molecule has 0 fully saturated rings. The molecule has 0 radical (unpaired) electrons. The Balaban J connectivity index is 1.63. The topological polar surface area (TPSA) is 137 Å². The van der Waals surface area contributed by atoms with Gasteiger partial charge in [0.25, 0.3) is 5.56 Å². The summed E-state index contributed by atoms with van der Waals surface area (Å²) in [6, 6.07) is 19.5. The Labute approximate surface area is 204 Å². The number of nitrogens with one attached hydrogen (secondary N) is 3. The van der Waals surface area contributed by atoms with Crippen LogP contribution in [0.15, 0.2) is 94.6 Å². The molecule has 0 aliphatic carbocycles. The Morgan fingerprint density at radius 3 is 2.22 bits per heavy atom. The second kappa shape index (κ2) is 9.38. The van der Waals surface area contributed by atoms with Crippen LogP contribution in [0.25, 0.3) is 21.8 Å². The number of carboxylic acid groups (broad SMARTS) is 1. The molecule has 0 saturated carbocycles. The van der Waals surface area contributed by atoms with E-state index in [1.165, 1.54) is 0 Å².